The minimum atomic E-state index is 0.385. The van der Waals surface area contributed by atoms with Crippen LogP contribution in [-0.2, 0) is 22.1 Å². The summed E-state index contributed by atoms with van der Waals surface area (Å²) in [7, 11) is 5.34. The van der Waals surface area contributed by atoms with Gasteiger partial charge in [0, 0.05) is 0 Å². The molecule has 6 aliphatic rings. The largest absolute Gasteiger partial charge is 0.577 e. The summed E-state index contributed by atoms with van der Waals surface area (Å²) < 4.78 is 0. The molecule has 3 nitrogen and oxygen atoms in total. The zero-order chi connectivity index (χ0) is 31.8. The summed E-state index contributed by atoms with van der Waals surface area (Å²) in [5.41, 5.74) is 12.9. The topological polar surface area (TPSA) is 56.4 Å². The van der Waals surface area contributed by atoms with E-state index in [9.17, 15) is 0 Å². The van der Waals surface area contributed by atoms with Crippen LogP contribution < -0.4 is 0 Å². The maximum Gasteiger partial charge on any atom is -0.423 e. The third kappa shape index (κ3) is 14.3. The molecule has 7 heteroatoms. The average Bonchev–Trinajstić information content (AvgIpc) is 3.14. The van der Waals surface area contributed by atoms with Gasteiger partial charge in [-0.05, 0) is 111 Å². The summed E-state index contributed by atoms with van der Waals surface area (Å²) in [5, 5.41) is 0. The first-order chi connectivity index (χ1) is 21.9. The molecule has 6 fully saturated rings. The third-order valence-electron chi connectivity index (χ3n) is 12.0. The molecular weight excluding hydrogens is 689 g/mol. The summed E-state index contributed by atoms with van der Waals surface area (Å²) in [5.74, 6) is 0. The Morgan fingerprint density at radius 2 is 0.455 bits per heavy atom. The van der Waals surface area contributed by atoms with Crippen molar-refractivity contribution in [1.29, 1.82) is 0 Å². The molecule has 0 aliphatic heterocycles. The number of nitrogens with zero attached hydrogens (tertiary/aromatic N) is 1. The molecule has 0 spiro atoms. The number of nitroso groups, excluding NO2 is 1. The van der Waals surface area contributed by atoms with E-state index in [4.69, 9.17) is 15.3 Å². The third-order valence-corrected chi connectivity index (χ3v) is 20.1. The van der Waals surface area contributed by atoms with E-state index >= 15 is 0 Å². The smallest absolute Gasteiger partial charge is 0.423 e. The SMILES string of the molecule is C1CCC(P(C2CCCCC2)C2CCCCC2)CC1.C1CCC(P(C2CCCCC2)C2CCCCC2)CC1.C=O.[Cl][Ru+].[N-]=O. The van der Waals surface area contributed by atoms with E-state index in [0.29, 0.717) is 15.8 Å². The number of halogens is 1. The van der Waals surface area contributed by atoms with Crippen LogP contribution in [0.2, 0.25) is 0 Å². The van der Waals surface area contributed by atoms with Crippen molar-refractivity contribution in [2.75, 3.05) is 0 Å². The van der Waals surface area contributed by atoms with Crippen LogP contribution in [0, 0.1) is 4.91 Å². The van der Waals surface area contributed by atoms with Crippen molar-refractivity contribution >= 4 is 32.3 Å². The van der Waals surface area contributed by atoms with E-state index in [1.54, 1.807) is 154 Å². The molecule has 6 saturated carbocycles. The van der Waals surface area contributed by atoms with Crippen LogP contribution in [0.5, 0.6) is 0 Å². The predicted molar refractivity (Wildman–Crippen MR) is 195 cm³/mol. The molecule has 258 valence electrons. The van der Waals surface area contributed by atoms with Crippen LogP contribution in [0.1, 0.15) is 193 Å². The predicted octanol–water partition coefficient (Wildman–Crippen LogP) is 13.8. The Morgan fingerprint density at radius 3 is 0.568 bits per heavy atom. The van der Waals surface area contributed by atoms with E-state index in [0.717, 1.165) is 0 Å². The van der Waals surface area contributed by atoms with Crippen molar-refractivity contribution in [3.8, 4) is 0 Å². The Balaban J connectivity index is 0.000000263. The summed E-state index contributed by atoms with van der Waals surface area (Å²) in [4.78, 5) is 15.2. The van der Waals surface area contributed by atoms with Gasteiger partial charge in [0.15, 0.2) is 0 Å². The number of carbonyl (C=O) groups is 1. The van der Waals surface area contributed by atoms with Crippen molar-refractivity contribution < 1.29 is 22.1 Å². The maximum absolute atomic E-state index is 8.00. The average molecular weight is 757 g/mol. The fourth-order valence-electron chi connectivity index (χ4n) is 10.1. The van der Waals surface area contributed by atoms with Crippen molar-refractivity contribution in [2.24, 2.45) is 0 Å². The molecule has 6 aliphatic carbocycles. The van der Waals surface area contributed by atoms with Gasteiger partial charge in [-0.25, -0.2) is 0 Å². The molecule has 0 aromatic heterocycles. The van der Waals surface area contributed by atoms with Crippen LogP contribution in [0.25, 0.3) is 5.59 Å². The van der Waals surface area contributed by atoms with E-state index in [2.05, 4.69) is 9.69 Å². The van der Waals surface area contributed by atoms with Crippen molar-refractivity contribution in [2.45, 2.75) is 227 Å². The van der Waals surface area contributed by atoms with Gasteiger partial charge < -0.3 is 15.3 Å². The molecule has 44 heavy (non-hydrogen) atoms. The number of carbonyl (C=O) groups excluding carboxylic acids is 1. The maximum atomic E-state index is 8.00. The standard InChI is InChI=1S/2C18H33P.CH2O.ClH.NO.Ru/c2*1-4-10-16(11-5-1)19(17-12-6-2-7-13-17)18-14-8-3-9-15-18;1-2;;1-2;/h2*16-18H,1-15H2;1H2;1H;;/q;;;;-1;+2/p-1. The van der Waals surface area contributed by atoms with Gasteiger partial charge in [0.05, 0.1) is 0 Å². The quantitative estimate of drug-likeness (QED) is 0.200. The van der Waals surface area contributed by atoms with E-state index in [-0.39, 0.29) is 0 Å². The first-order valence-corrected chi connectivity index (χ1v) is 24.4. The Hall–Kier alpha value is 1.04. The minimum absolute atomic E-state index is 0.385. The van der Waals surface area contributed by atoms with E-state index in [1.165, 1.54) is 72.5 Å². The second-order valence-electron chi connectivity index (χ2n) is 14.6. The Kier molecular flexibility index (Phi) is 25.2. The van der Waals surface area contributed by atoms with Crippen LogP contribution in [0.4, 0.5) is 0 Å². The minimum Gasteiger partial charge on any atom is -0.577 e. The second kappa shape index (κ2) is 26.9. The van der Waals surface area contributed by atoms with Crippen LogP contribution in [0.3, 0.4) is 0 Å². The van der Waals surface area contributed by atoms with Gasteiger partial charge in [-0.1, -0.05) is 131 Å². The molecule has 0 aromatic carbocycles. The first-order valence-electron chi connectivity index (χ1n) is 19.1. The van der Waals surface area contributed by atoms with E-state index < -0.39 is 0 Å². The number of rotatable bonds is 6. The molecule has 6 rings (SSSR count). The Labute approximate surface area is 290 Å². The second-order valence-corrected chi connectivity index (χ2v) is 20.8. The first kappa shape index (κ1) is 41.2. The van der Waals surface area contributed by atoms with Gasteiger partial charge in [0.2, 0.25) is 0 Å². The van der Waals surface area contributed by atoms with Crippen LogP contribution >= 0.6 is 25.5 Å². The Morgan fingerprint density at radius 1 is 0.341 bits per heavy atom. The fourth-order valence-corrected chi connectivity index (χ4v) is 19.4. The van der Waals surface area contributed by atoms with Gasteiger partial charge in [-0.3, -0.25) is 0 Å². The molecule has 0 unspecified atom stereocenters. The monoisotopic (exact) mass is 757 g/mol. The number of hydrogen-bond donors (Lipinski definition) is 0. The molecule has 0 N–H and O–H groups in total. The molecule has 0 aromatic rings. The molecule has 0 heterocycles. The van der Waals surface area contributed by atoms with Gasteiger partial charge in [-0.2, -0.15) is 0 Å². The summed E-state index contributed by atoms with van der Waals surface area (Å²) in [6, 6.07) is 0. The van der Waals surface area contributed by atoms with Crippen molar-refractivity contribution in [1.82, 2.24) is 0 Å². The van der Waals surface area contributed by atoms with Gasteiger partial charge in [0.25, 0.3) is 0 Å². The fraction of sp³-hybridized carbons (Fsp3) is 0.973. The van der Waals surface area contributed by atoms with Crippen LogP contribution in [-0.4, -0.2) is 40.7 Å². The molecule has 0 radical (unpaired) electrons. The molecule has 0 amide bonds. The van der Waals surface area contributed by atoms with E-state index in [1.807, 2.05) is 24.1 Å². The summed E-state index contributed by atoms with van der Waals surface area (Å²) in [6.45, 7) is 2.00. The summed E-state index contributed by atoms with van der Waals surface area (Å²) in [6.07, 6.45) is 47.2. The van der Waals surface area contributed by atoms with Crippen LogP contribution in [0.15, 0.2) is 0 Å². The molecule has 0 saturated heterocycles. The molecule has 0 bridgehead atoms. The van der Waals surface area contributed by atoms with Crippen molar-refractivity contribution in [3.05, 3.63) is 10.5 Å². The zero-order valence-corrected chi connectivity index (χ0v) is 32.6. The zero-order valence-electron chi connectivity index (χ0n) is 28.3. The molecule has 0 atom stereocenters. The van der Waals surface area contributed by atoms with Gasteiger partial charge >= 0.3 is 27.0 Å². The van der Waals surface area contributed by atoms with Crippen molar-refractivity contribution in [3.63, 3.8) is 0 Å². The molecular formula is C37H68ClNO2P2Ru. The van der Waals surface area contributed by atoms with Gasteiger partial charge in [0.1, 0.15) is 6.79 Å². The number of hydrogen-bond acceptors (Lipinski definition) is 2. The summed E-state index contributed by atoms with van der Waals surface area (Å²) >= 11 is 1.82. The Bertz CT molecular complexity index is 516. The normalized spacial score (nSPS) is 25.3. The van der Waals surface area contributed by atoms with Gasteiger partial charge in [-0.15, -0.1) is 0 Å².